The number of hydrogen-bond acceptors (Lipinski definition) is 5. The Balaban J connectivity index is 2.15. The molecule has 0 radical (unpaired) electrons. The van der Waals surface area contributed by atoms with Gasteiger partial charge < -0.3 is 9.84 Å². The summed E-state index contributed by atoms with van der Waals surface area (Å²) >= 11 is 0. The number of nitrogens with zero attached hydrogens (tertiary/aromatic N) is 1. The van der Waals surface area contributed by atoms with Crippen LogP contribution in [0.4, 0.5) is 0 Å². The maximum Gasteiger partial charge on any atom is 0.211 e. The van der Waals surface area contributed by atoms with E-state index in [2.05, 4.69) is 33.6 Å². The van der Waals surface area contributed by atoms with Crippen LogP contribution >= 0.6 is 0 Å². The standard InChI is InChI=1S/C11H21N3O3S/c1-10(2)12-6-3-4-8-18(15,16)13-9-11-5-7-17-14-11/h5,7,10,12-13H,3-4,6,8-9H2,1-2H3. The first-order valence-corrected chi connectivity index (χ1v) is 7.75. The number of hydrogen-bond donors (Lipinski definition) is 2. The van der Waals surface area contributed by atoms with Crippen LogP contribution in [0.15, 0.2) is 16.9 Å². The van der Waals surface area contributed by atoms with Gasteiger partial charge in [-0.3, -0.25) is 0 Å². The Bertz CT molecular complexity index is 415. The Morgan fingerprint density at radius 3 is 2.78 bits per heavy atom. The topological polar surface area (TPSA) is 84.2 Å². The van der Waals surface area contributed by atoms with E-state index < -0.39 is 10.0 Å². The first kappa shape index (κ1) is 15.1. The molecule has 0 unspecified atom stereocenters. The lowest BCUT2D eigenvalue weighted by Gasteiger charge is -2.08. The molecular formula is C11H21N3O3S. The number of rotatable bonds is 9. The molecule has 1 rings (SSSR count). The summed E-state index contributed by atoms with van der Waals surface area (Å²) in [6.45, 7) is 5.16. The highest BCUT2D eigenvalue weighted by Gasteiger charge is 2.10. The molecule has 6 nitrogen and oxygen atoms in total. The fourth-order valence-electron chi connectivity index (χ4n) is 1.39. The Morgan fingerprint density at radius 2 is 2.17 bits per heavy atom. The fraction of sp³-hybridized carbons (Fsp3) is 0.727. The van der Waals surface area contributed by atoms with E-state index in [1.165, 1.54) is 6.26 Å². The third kappa shape index (κ3) is 6.73. The van der Waals surface area contributed by atoms with Crippen molar-refractivity contribution in [2.75, 3.05) is 12.3 Å². The lowest BCUT2D eigenvalue weighted by molar-refractivity contribution is 0.411. The van der Waals surface area contributed by atoms with Crippen LogP contribution < -0.4 is 10.0 Å². The summed E-state index contributed by atoms with van der Waals surface area (Å²) < 4.78 is 30.4. The van der Waals surface area contributed by atoms with Crippen molar-refractivity contribution >= 4 is 10.0 Å². The first-order valence-electron chi connectivity index (χ1n) is 6.09. The minimum absolute atomic E-state index is 0.143. The van der Waals surface area contributed by atoms with E-state index in [0.717, 1.165) is 13.0 Å². The van der Waals surface area contributed by atoms with Gasteiger partial charge in [-0.1, -0.05) is 19.0 Å². The van der Waals surface area contributed by atoms with Crippen LogP contribution in [0, 0.1) is 0 Å². The molecule has 0 aliphatic carbocycles. The molecule has 0 spiro atoms. The Kier molecular flexibility index (Phi) is 6.31. The molecule has 0 aliphatic rings. The summed E-state index contributed by atoms with van der Waals surface area (Å²) in [5.74, 6) is 0.143. The zero-order chi connectivity index (χ0) is 13.4. The van der Waals surface area contributed by atoms with Crippen LogP contribution in [-0.4, -0.2) is 31.9 Å². The second kappa shape index (κ2) is 7.50. The molecule has 0 aromatic carbocycles. The predicted molar refractivity (Wildman–Crippen MR) is 69.5 cm³/mol. The van der Waals surface area contributed by atoms with Crippen molar-refractivity contribution in [1.82, 2.24) is 15.2 Å². The molecule has 1 aromatic rings. The smallest absolute Gasteiger partial charge is 0.211 e. The van der Waals surface area contributed by atoms with Crippen molar-refractivity contribution < 1.29 is 12.9 Å². The molecule has 0 aliphatic heterocycles. The summed E-state index contributed by atoms with van der Waals surface area (Å²) in [6, 6.07) is 2.07. The van der Waals surface area contributed by atoms with Crippen LogP contribution in [0.1, 0.15) is 32.4 Å². The summed E-state index contributed by atoms with van der Waals surface area (Å²) in [4.78, 5) is 0. The van der Waals surface area contributed by atoms with E-state index >= 15 is 0 Å². The van der Waals surface area contributed by atoms with Gasteiger partial charge in [0.1, 0.15) is 6.26 Å². The highest BCUT2D eigenvalue weighted by molar-refractivity contribution is 7.89. The van der Waals surface area contributed by atoms with E-state index in [0.29, 0.717) is 18.2 Å². The van der Waals surface area contributed by atoms with Crippen LogP contribution in [0.5, 0.6) is 0 Å². The van der Waals surface area contributed by atoms with E-state index in [-0.39, 0.29) is 12.3 Å². The minimum atomic E-state index is -3.22. The predicted octanol–water partition coefficient (Wildman–Crippen LogP) is 0.872. The molecule has 0 atom stereocenters. The second-order valence-corrected chi connectivity index (χ2v) is 6.37. The third-order valence-corrected chi connectivity index (χ3v) is 3.77. The van der Waals surface area contributed by atoms with Gasteiger partial charge in [-0.05, 0) is 19.4 Å². The number of unbranched alkanes of at least 4 members (excludes halogenated alkanes) is 1. The molecule has 1 aromatic heterocycles. The average molecular weight is 275 g/mol. The summed E-state index contributed by atoms with van der Waals surface area (Å²) in [7, 11) is -3.22. The van der Waals surface area contributed by atoms with Gasteiger partial charge in [-0.2, -0.15) is 0 Å². The molecule has 0 amide bonds. The normalized spacial score (nSPS) is 12.2. The van der Waals surface area contributed by atoms with Crippen molar-refractivity contribution in [3.63, 3.8) is 0 Å². The van der Waals surface area contributed by atoms with Crippen LogP contribution in [-0.2, 0) is 16.6 Å². The SMILES string of the molecule is CC(C)NCCCCS(=O)(=O)NCc1ccon1. The number of aromatic nitrogens is 1. The summed E-state index contributed by atoms with van der Waals surface area (Å²) in [5.41, 5.74) is 0.583. The largest absolute Gasteiger partial charge is 0.364 e. The van der Waals surface area contributed by atoms with Crippen molar-refractivity contribution in [3.8, 4) is 0 Å². The first-order chi connectivity index (χ1) is 8.49. The van der Waals surface area contributed by atoms with E-state index in [1.807, 2.05) is 0 Å². The molecule has 0 saturated heterocycles. The Morgan fingerprint density at radius 1 is 1.39 bits per heavy atom. The van der Waals surface area contributed by atoms with Crippen molar-refractivity contribution in [2.45, 2.75) is 39.3 Å². The van der Waals surface area contributed by atoms with E-state index in [4.69, 9.17) is 0 Å². The molecular weight excluding hydrogens is 254 g/mol. The van der Waals surface area contributed by atoms with Gasteiger partial charge in [0.25, 0.3) is 0 Å². The molecule has 0 saturated carbocycles. The third-order valence-electron chi connectivity index (χ3n) is 2.36. The Hall–Kier alpha value is -0.920. The molecule has 2 N–H and O–H groups in total. The molecule has 18 heavy (non-hydrogen) atoms. The van der Waals surface area contributed by atoms with Crippen LogP contribution in [0.3, 0.4) is 0 Å². The van der Waals surface area contributed by atoms with Gasteiger partial charge in [0, 0.05) is 12.1 Å². The molecule has 0 bridgehead atoms. The van der Waals surface area contributed by atoms with Crippen molar-refractivity contribution in [3.05, 3.63) is 18.0 Å². The molecule has 0 fully saturated rings. The van der Waals surface area contributed by atoms with Gasteiger partial charge in [-0.15, -0.1) is 0 Å². The second-order valence-electron chi connectivity index (χ2n) is 4.45. The Labute approximate surface area is 108 Å². The lowest BCUT2D eigenvalue weighted by atomic mass is 10.3. The summed E-state index contributed by atoms with van der Waals surface area (Å²) in [5, 5.41) is 6.88. The van der Waals surface area contributed by atoms with Crippen LogP contribution in [0.2, 0.25) is 0 Å². The molecule has 1 heterocycles. The monoisotopic (exact) mass is 275 g/mol. The zero-order valence-corrected chi connectivity index (χ0v) is 11.7. The van der Waals surface area contributed by atoms with Gasteiger partial charge in [0.2, 0.25) is 10.0 Å². The van der Waals surface area contributed by atoms with Gasteiger partial charge >= 0.3 is 0 Å². The fourth-order valence-corrected chi connectivity index (χ4v) is 2.49. The number of nitrogens with one attached hydrogen (secondary N) is 2. The highest BCUT2D eigenvalue weighted by atomic mass is 32.2. The average Bonchev–Trinajstić information content (AvgIpc) is 2.78. The van der Waals surface area contributed by atoms with Crippen molar-refractivity contribution in [1.29, 1.82) is 0 Å². The van der Waals surface area contributed by atoms with Gasteiger partial charge in [-0.25, -0.2) is 13.1 Å². The summed E-state index contributed by atoms with van der Waals surface area (Å²) in [6.07, 6.45) is 2.91. The van der Waals surface area contributed by atoms with Gasteiger partial charge in [0.05, 0.1) is 18.0 Å². The van der Waals surface area contributed by atoms with E-state index in [1.54, 1.807) is 6.07 Å². The minimum Gasteiger partial charge on any atom is -0.364 e. The van der Waals surface area contributed by atoms with Crippen LogP contribution in [0.25, 0.3) is 0 Å². The zero-order valence-electron chi connectivity index (χ0n) is 10.8. The number of sulfonamides is 1. The maximum absolute atomic E-state index is 11.6. The highest BCUT2D eigenvalue weighted by Crippen LogP contribution is 1.98. The quantitative estimate of drug-likeness (QED) is 0.653. The van der Waals surface area contributed by atoms with E-state index in [9.17, 15) is 8.42 Å². The van der Waals surface area contributed by atoms with Crippen molar-refractivity contribution in [2.24, 2.45) is 0 Å². The molecule has 104 valence electrons. The van der Waals surface area contributed by atoms with Gasteiger partial charge in [0.15, 0.2) is 0 Å². The lowest BCUT2D eigenvalue weighted by Crippen LogP contribution is -2.27. The molecule has 7 heteroatoms. The maximum atomic E-state index is 11.6.